The molecular formula is C44H35N5. The highest BCUT2D eigenvalue weighted by Gasteiger charge is 2.14. The molecule has 0 aliphatic heterocycles. The number of para-hydroxylation sites is 2. The summed E-state index contributed by atoms with van der Waals surface area (Å²) >= 11 is 0. The molecule has 0 unspecified atom stereocenters. The van der Waals surface area contributed by atoms with Crippen LogP contribution in [0.15, 0.2) is 164 Å². The van der Waals surface area contributed by atoms with Crippen molar-refractivity contribution >= 4 is 33.4 Å². The monoisotopic (exact) mass is 633 g/mol. The lowest BCUT2D eigenvalue weighted by Gasteiger charge is -2.20. The first kappa shape index (κ1) is 30.1. The molecule has 0 saturated carbocycles. The number of nitrogens with zero attached hydrogens (tertiary/aromatic N) is 3. The smallest absolute Gasteiger partial charge is 0.160 e. The lowest BCUT2D eigenvalue weighted by atomic mass is 9.94. The average molecular weight is 634 g/mol. The molecule has 0 saturated heterocycles. The van der Waals surface area contributed by atoms with Gasteiger partial charge >= 0.3 is 0 Å². The second-order valence-corrected chi connectivity index (χ2v) is 12.3. The minimum absolute atomic E-state index is 0.639. The number of benzene rings is 6. The Kier molecular flexibility index (Phi) is 8.02. The van der Waals surface area contributed by atoms with Crippen LogP contribution in [0.5, 0.6) is 0 Å². The number of hydrogen-bond donors (Lipinski definition) is 2. The van der Waals surface area contributed by atoms with Gasteiger partial charge in [-0.1, -0.05) is 127 Å². The predicted octanol–water partition coefficient (Wildman–Crippen LogP) is 10.6. The standard InChI is InChI=1S/C44H35N5/c45-40-16-7-8-17-43(40)49(46)37-25-22-30(23-26-37)35-24-27-39-36(28-35)14-9-15-38(39)31-18-20-33(21-19-31)42-29-41(32-10-3-1-4-11-32)47-44(48-42)34-12-5-2-6-13-34/h1,3-5,7-29H,2,6,45-46H2. The van der Waals surface area contributed by atoms with Crippen LogP contribution in [0.4, 0.5) is 17.1 Å². The third-order valence-corrected chi connectivity index (χ3v) is 9.10. The number of aromatic nitrogens is 2. The molecule has 1 aliphatic rings. The van der Waals surface area contributed by atoms with Crippen molar-refractivity contribution in [3.8, 4) is 44.8 Å². The van der Waals surface area contributed by atoms with Crippen molar-refractivity contribution in [3.63, 3.8) is 0 Å². The van der Waals surface area contributed by atoms with Crippen molar-refractivity contribution in [1.29, 1.82) is 0 Å². The molecule has 5 heteroatoms. The number of rotatable bonds is 7. The second kappa shape index (κ2) is 13.1. The van der Waals surface area contributed by atoms with Gasteiger partial charge in [-0.05, 0) is 82.3 Å². The van der Waals surface area contributed by atoms with E-state index in [2.05, 4.69) is 109 Å². The molecular weight excluding hydrogens is 599 g/mol. The van der Waals surface area contributed by atoms with Crippen LogP contribution in [0, 0.1) is 0 Å². The Hall–Kier alpha value is -6.30. The van der Waals surface area contributed by atoms with Crippen LogP contribution < -0.4 is 16.6 Å². The number of hydrazine groups is 1. The topological polar surface area (TPSA) is 81.1 Å². The number of anilines is 3. The SMILES string of the molecule is Nc1ccccc1N(N)c1ccc(-c2ccc3c(-c4ccc(-c5cc(-c6ccccc6)nc(C6=CCCC=C6)n5)cc4)cccc3c2)cc1. The fourth-order valence-electron chi connectivity index (χ4n) is 6.46. The van der Waals surface area contributed by atoms with E-state index >= 15 is 0 Å². The van der Waals surface area contributed by atoms with E-state index in [1.807, 2.05) is 54.6 Å². The van der Waals surface area contributed by atoms with Gasteiger partial charge < -0.3 is 5.73 Å². The van der Waals surface area contributed by atoms with Crippen molar-refractivity contribution in [3.05, 3.63) is 170 Å². The van der Waals surface area contributed by atoms with Gasteiger partial charge in [-0.25, -0.2) is 15.8 Å². The Morgan fingerprint density at radius 2 is 1.22 bits per heavy atom. The Labute approximate surface area is 286 Å². The minimum Gasteiger partial charge on any atom is -0.397 e. The number of hydrogen-bond acceptors (Lipinski definition) is 5. The van der Waals surface area contributed by atoms with E-state index in [0.717, 1.165) is 74.8 Å². The molecule has 0 atom stereocenters. The Morgan fingerprint density at radius 3 is 1.96 bits per heavy atom. The molecule has 7 aromatic rings. The highest BCUT2D eigenvalue weighted by atomic mass is 15.4. The van der Waals surface area contributed by atoms with Crippen molar-refractivity contribution in [2.24, 2.45) is 5.84 Å². The summed E-state index contributed by atoms with van der Waals surface area (Å²) in [5.41, 5.74) is 18.1. The highest BCUT2D eigenvalue weighted by Crippen LogP contribution is 2.35. The summed E-state index contributed by atoms with van der Waals surface area (Å²) in [6, 6.07) is 50.1. The maximum atomic E-state index is 6.41. The Morgan fingerprint density at radius 1 is 0.551 bits per heavy atom. The molecule has 236 valence electrons. The van der Waals surface area contributed by atoms with Crippen molar-refractivity contribution in [1.82, 2.24) is 9.97 Å². The molecule has 4 N–H and O–H groups in total. The van der Waals surface area contributed by atoms with Crippen LogP contribution >= 0.6 is 0 Å². The maximum absolute atomic E-state index is 6.41. The third-order valence-electron chi connectivity index (χ3n) is 9.10. The third kappa shape index (κ3) is 6.11. The molecule has 5 nitrogen and oxygen atoms in total. The van der Waals surface area contributed by atoms with Crippen LogP contribution in [-0.2, 0) is 0 Å². The fraction of sp³-hybridized carbons (Fsp3) is 0.0455. The molecule has 0 amide bonds. The number of nitrogens with two attached hydrogens (primary N) is 2. The zero-order valence-corrected chi connectivity index (χ0v) is 27.0. The number of nitrogen functional groups attached to an aromatic ring is 1. The summed E-state index contributed by atoms with van der Waals surface area (Å²) in [6.07, 6.45) is 8.62. The molecule has 0 radical (unpaired) electrons. The lowest BCUT2D eigenvalue weighted by molar-refractivity contribution is 1.03. The summed E-state index contributed by atoms with van der Waals surface area (Å²) in [5.74, 6) is 7.17. The van der Waals surface area contributed by atoms with Crippen molar-refractivity contribution in [2.75, 3.05) is 10.7 Å². The van der Waals surface area contributed by atoms with Crippen LogP contribution in [0.25, 0.3) is 61.1 Å². The van der Waals surface area contributed by atoms with E-state index in [9.17, 15) is 0 Å². The first-order chi connectivity index (χ1) is 24.1. The molecule has 49 heavy (non-hydrogen) atoms. The van der Waals surface area contributed by atoms with E-state index in [4.69, 9.17) is 21.5 Å². The number of fused-ring (bicyclic) bond motifs is 1. The van der Waals surface area contributed by atoms with Gasteiger partial charge in [-0.3, -0.25) is 5.01 Å². The molecule has 8 rings (SSSR count). The summed E-state index contributed by atoms with van der Waals surface area (Å²) < 4.78 is 0. The normalized spacial score (nSPS) is 12.6. The molecule has 0 fully saturated rings. The van der Waals surface area contributed by atoms with Gasteiger partial charge in [0.2, 0.25) is 0 Å². The van der Waals surface area contributed by atoms with Crippen LogP contribution in [-0.4, -0.2) is 9.97 Å². The zero-order chi connectivity index (χ0) is 33.2. The second-order valence-electron chi connectivity index (χ2n) is 12.3. The van der Waals surface area contributed by atoms with E-state index in [1.54, 1.807) is 5.01 Å². The molecule has 6 aromatic carbocycles. The Bertz CT molecular complexity index is 2340. The zero-order valence-electron chi connectivity index (χ0n) is 27.0. The van der Waals surface area contributed by atoms with Crippen molar-refractivity contribution < 1.29 is 0 Å². The van der Waals surface area contributed by atoms with E-state index < -0.39 is 0 Å². The molecule has 1 aliphatic carbocycles. The molecule has 1 aromatic heterocycles. The first-order valence-electron chi connectivity index (χ1n) is 16.6. The van der Waals surface area contributed by atoms with Gasteiger partial charge in [-0.15, -0.1) is 0 Å². The largest absolute Gasteiger partial charge is 0.397 e. The summed E-state index contributed by atoms with van der Waals surface area (Å²) in [5, 5.41) is 4.01. The molecule has 0 bridgehead atoms. The summed E-state index contributed by atoms with van der Waals surface area (Å²) in [6.45, 7) is 0. The molecule has 1 heterocycles. The quantitative estimate of drug-likeness (QED) is 0.104. The Balaban J connectivity index is 1.09. The first-order valence-corrected chi connectivity index (χ1v) is 16.6. The van der Waals surface area contributed by atoms with Crippen LogP contribution in [0.1, 0.15) is 18.7 Å². The average Bonchev–Trinajstić information content (AvgIpc) is 3.18. The van der Waals surface area contributed by atoms with Gasteiger partial charge in [0.05, 0.1) is 28.5 Å². The van der Waals surface area contributed by atoms with E-state index in [-0.39, 0.29) is 0 Å². The highest BCUT2D eigenvalue weighted by molar-refractivity contribution is 5.99. The van der Waals surface area contributed by atoms with Gasteiger partial charge in [-0.2, -0.15) is 0 Å². The van der Waals surface area contributed by atoms with Crippen LogP contribution in [0.2, 0.25) is 0 Å². The van der Waals surface area contributed by atoms with Crippen LogP contribution in [0.3, 0.4) is 0 Å². The van der Waals surface area contributed by atoms with Gasteiger partial charge in [0.25, 0.3) is 0 Å². The van der Waals surface area contributed by atoms with Crippen molar-refractivity contribution in [2.45, 2.75) is 12.8 Å². The summed E-state index contributed by atoms with van der Waals surface area (Å²) in [4.78, 5) is 10.00. The lowest BCUT2D eigenvalue weighted by Crippen LogP contribution is -2.25. The van der Waals surface area contributed by atoms with E-state index in [0.29, 0.717) is 5.69 Å². The van der Waals surface area contributed by atoms with E-state index in [1.165, 1.54) is 16.3 Å². The maximum Gasteiger partial charge on any atom is 0.160 e. The minimum atomic E-state index is 0.639. The van der Waals surface area contributed by atoms with Gasteiger partial charge in [0.1, 0.15) is 0 Å². The van der Waals surface area contributed by atoms with Gasteiger partial charge in [0.15, 0.2) is 5.82 Å². The predicted molar refractivity (Wildman–Crippen MR) is 205 cm³/mol. The van der Waals surface area contributed by atoms with Gasteiger partial charge in [0, 0.05) is 16.7 Å². The molecule has 0 spiro atoms. The number of allylic oxidation sites excluding steroid dienone is 4. The fourth-order valence-corrected chi connectivity index (χ4v) is 6.46. The summed E-state index contributed by atoms with van der Waals surface area (Å²) in [7, 11) is 0.